The molecule has 1 atom stereocenters. The van der Waals surface area contributed by atoms with E-state index in [2.05, 4.69) is 10.3 Å². The highest BCUT2D eigenvalue weighted by Gasteiger charge is 2.32. The van der Waals surface area contributed by atoms with E-state index in [1.807, 2.05) is 0 Å². The van der Waals surface area contributed by atoms with Crippen molar-refractivity contribution in [2.75, 3.05) is 0 Å². The van der Waals surface area contributed by atoms with Crippen LogP contribution in [-0.4, -0.2) is 10.9 Å². The number of hydrogen-bond donors (Lipinski definition) is 1. The highest BCUT2D eigenvalue weighted by Crippen LogP contribution is 2.30. The van der Waals surface area contributed by atoms with Gasteiger partial charge in [0.15, 0.2) is 0 Å². The molecule has 0 radical (unpaired) electrons. The quantitative estimate of drug-likeness (QED) is 0.662. The number of halogens is 5. The van der Waals surface area contributed by atoms with E-state index in [9.17, 15) is 22.4 Å². The van der Waals surface area contributed by atoms with Crippen molar-refractivity contribution in [1.82, 2.24) is 10.3 Å². The summed E-state index contributed by atoms with van der Waals surface area (Å²) in [5.41, 5.74) is -0.854. The first kappa shape index (κ1) is 17.2. The normalized spacial score (nSPS) is 12.8. The summed E-state index contributed by atoms with van der Waals surface area (Å²) in [6, 6.07) is 5.46. The van der Waals surface area contributed by atoms with Crippen LogP contribution in [0.1, 0.15) is 34.5 Å². The maximum atomic E-state index is 12.9. The molecule has 1 aromatic carbocycles. The largest absolute Gasteiger partial charge is 0.417 e. The third-order valence-corrected chi connectivity index (χ3v) is 3.43. The van der Waals surface area contributed by atoms with Crippen LogP contribution >= 0.6 is 11.6 Å². The zero-order valence-corrected chi connectivity index (χ0v) is 12.5. The van der Waals surface area contributed by atoms with E-state index in [-0.39, 0.29) is 10.7 Å². The lowest BCUT2D eigenvalue weighted by molar-refractivity contribution is -0.137. The molecule has 23 heavy (non-hydrogen) atoms. The van der Waals surface area contributed by atoms with Crippen molar-refractivity contribution >= 4 is 17.5 Å². The van der Waals surface area contributed by atoms with E-state index in [4.69, 9.17) is 11.6 Å². The molecular weight excluding hydrogens is 336 g/mol. The predicted octanol–water partition coefficient (Wildman–Crippen LogP) is 4.38. The van der Waals surface area contributed by atoms with Crippen molar-refractivity contribution in [1.29, 1.82) is 0 Å². The smallest absolute Gasteiger partial charge is 0.345 e. The van der Waals surface area contributed by atoms with Gasteiger partial charge in [0.25, 0.3) is 5.91 Å². The maximum Gasteiger partial charge on any atom is 0.417 e. The molecule has 0 spiro atoms. The van der Waals surface area contributed by atoms with Crippen LogP contribution < -0.4 is 5.32 Å². The van der Waals surface area contributed by atoms with Crippen LogP contribution in [0.2, 0.25) is 5.15 Å². The molecule has 0 saturated heterocycles. The Hall–Kier alpha value is -2.15. The zero-order chi connectivity index (χ0) is 17.2. The number of nitrogens with zero attached hydrogens (tertiary/aromatic N) is 1. The molecule has 2 aromatic rings. The number of rotatable bonds is 3. The fraction of sp³-hybridized carbons (Fsp3) is 0.200. The molecule has 8 heteroatoms. The minimum absolute atomic E-state index is 0.332. The standard InChI is InChI=1S/C15H11ClF4N2O/c1-8(9-2-4-11(17)5-3-9)22-14(23)12-6-10(15(18,19)20)7-21-13(12)16/h2-8H,1H3,(H,22,23). The van der Waals surface area contributed by atoms with Crippen LogP contribution in [0, 0.1) is 5.82 Å². The van der Waals surface area contributed by atoms with Gasteiger partial charge in [0.2, 0.25) is 0 Å². The molecule has 1 amide bonds. The summed E-state index contributed by atoms with van der Waals surface area (Å²) in [5, 5.41) is 2.17. The molecular formula is C15H11ClF4N2O. The molecule has 1 N–H and O–H groups in total. The molecule has 0 bridgehead atoms. The average Bonchev–Trinajstić information content (AvgIpc) is 2.46. The third-order valence-electron chi connectivity index (χ3n) is 3.13. The van der Waals surface area contributed by atoms with Gasteiger partial charge in [-0.2, -0.15) is 13.2 Å². The highest BCUT2D eigenvalue weighted by molar-refractivity contribution is 6.32. The number of carbonyl (C=O) groups excluding carboxylic acids is 1. The predicted molar refractivity (Wildman–Crippen MR) is 76.5 cm³/mol. The first-order chi connectivity index (χ1) is 10.7. The van der Waals surface area contributed by atoms with Crippen molar-refractivity contribution in [2.45, 2.75) is 19.1 Å². The monoisotopic (exact) mass is 346 g/mol. The van der Waals surface area contributed by atoms with Gasteiger partial charge >= 0.3 is 6.18 Å². The number of amides is 1. The van der Waals surface area contributed by atoms with Gasteiger partial charge in [-0.05, 0) is 30.7 Å². The molecule has 0 fully saturated rings. The second-order valence-corrected chi connectivity index (χ2v) is 5.16. The van der Waals surface area contributed by atoms with Gasteiger partial charge in [0.1, 0.15) is 11.0 Å². The number of carbonyl (C=O) groups is 1. The number of benzene rings is 1. The summed E-state index contributed by atoms with van der Waals surface area (Å²) in [7, 11) is 0. The summed E-state index contributed by atoms with van der Waals surface area (Å²) in [5.74, 6) is -1.23. The molecule has 1 unspecified atom stereocenters. The first-order valence-electron chi connectivity index (χ1n) is 6.47. The minimum atomic E-state index is -4.63. The van der Waals surface area contributed by atoms with Crippen LogP contribution in [0.4, 0.5) is 17.6 Å². The number of nitrogens with one attached hydrogen (secondary N) is 1. The second-order valence-electron chi connectivity index (χ2n) is 4.81. The third kappa shape index (κ3) is 4.19. The van der Waals surface area contributed by atoms with Gasteiger partial charge in [-0.3, -0.25) is 4.79 Å². The van der Waals surface area contributed by atoms with Crippen molar-refractivity contribution in [3.05, 3.63) is 64.2 Å². The molecule has 1 aromatic heterocycles. The average molecular weight is 347 g/mol. The van der Waals surface area contributed by atoms with Crippen LogP contribution in [0.15, 0.2) is 36.5 Å². The lowest BCUT2D eigenvalue weighted by atomic mass is 10.1. The van der Waals surface area contributed by atoms with Crippen LogP contribution in [0.3, 0.4) is 0 Å². The van der Waals surface area contributed by atoms with Crippen molar-refractivity contribution in [2.24, 2.45) is 0 Å². The summed E-state index contributed by atoms with van der Waals surface area (Å²) >= 11 is 5.70. The lowest BCUT2D eigenvalue weighted by Crippen LogP contribution is -2.27. The topological polar surface area (TPSA) is 42.0 Å². The maximum absolute atomic E-state index is 12.9. The van der Waals surface area contributed by atoms with Gasteiger partial charge in [0, 0.05) is 6.20 Å². The summed E-state index contributed by atoms with van der Waals surface area (Å²) in [6.45, 7) is 1.61. The minimum Gasteiger partial charge on any atom is -0.345 e. The molecule has 3 nitrogen and oxygen atoms in total. The van der Waals surface area contributed by atoms with Gasteiger partial charge in [-0.15, -0.1) is 0 Å². The van der Waals surface area contributed by atoms with E-state index < -0.39 is 29.5 Å². The Labute approximate surface area is 134 Å². The van der Waals surface area contributed by atoms with E-state index in [0.717, 1.165) is 0 Å². The van der Waals surface area contributed by atoms with Crippen LogP contribution in [-0.2, 0) is 6.18 Å². The Morgan fingerprint density at radius 3 is 2.43 bits per heavy atom. The molecule has 0 aliphatic heterocycles. The molecule has 122 valence electrons. The Balaban J connectivity index is 2.22. The van der Waals surface area contributed by atoms with Crippen LogP contribution in [0.25, 0.3) is 0 Å². The summed E-state index contributed by atoms with van der Waals surface area (Å²) in [6.07, 6.45) is -4.07. The van der Waals surface area contributed by atoms with E-state index in [1.165, 1.54) is 24.3 Å². The van der Waals surface area contributed by atoms with Crippen molar-refractivity contribution in [3.8, 4) is 0 Å². The Kier molecular flexibility index (Phi) is 4.89. The number of hydrogen-bond acceptors (Lipinski definition) is 2. The summed E-state index contributed by atoms with van der Waals surface area (Å²) < 4.78 is 50.9. The van der Waals surface area contributed by atoms with E-state index in [1.54, 1.807) is 6.92 Å². The fourth-order valence-corrected chi connectivity index (χ4v) is 2.06. The Morgan fingerprint density at radius 2 is 1.87 bits per heavy atom. The Bertz CT molecular complexity index is 716. The number of aromatic nitrogens is 1. The van der Waals surface area contributed by atoms with E-state index >= 15 is 0 Å². The van der Waals surface area contributed by atoms with E-state index in [0.29, 0.717) is 17.8 Å². The fourth-order valence-electron chi connectivity index (χ4n) is 1.87. The molecule has 0 saturated carbocycles. The van der Waals surface area contributed by atoms with Crippen molar-refractivity contribution < 1.29 is 22.4 Å². The molecule has 0 aliphatic carbocycles. The van der Waals surface area contributed by atoms with Gasteiger partial charge < -0.3 is 5.32 Å². The zero-order valence-electron chi connectivity index (χ0n) is 11.8. The summed E-state index contributed by atoms with van der Waals surface area (Å²) in [4.78, 5) is 15.5. The molecule has 2 rings (SSSR count). The SMILES string of the molecule is CC(NC(=O)c1cc(C(F)(F)F)cnc1Cl)c1ccc(F)cc1. The molecule has 0 aliphatic rings. The number of pyridine rings is 1. The van der Waals surface area contributed by atoms with Gasteiger partial charge in [0.05, 0.1) is 17.2 Å². The first-order valence-corrected chi connectivity index (χ1v) is 6.85. The van der Waals surface area contributed by atoms with Crippen LogP contribution in [0.5, 0.6) is 0 Å². The Morgan fingerprint density at radius 1 is 1.26 bits per heavy atom. The van der Waals surface area contributed by atoms with Crippen molar-refractivity contribution in [3.63, 3.8) is 0 Å². The molecule has 1 heterocycles. The van der Waals surface area contributed by atoms with Gasteiger partial charge in [-0.25, -0.2) is 9.37 Å². The number of alkyl halides is 3. The lowest BCUT2D eigenvalue weighted by Gasteiger charge is -2.15. The van der Waals surface area contributed by atoms with Gasteiger partial charge in [-0.1, -0.05) is 23.7 Å². The highest BCUT2D eigenvalue weighted by atomic mass is 35.5. The second kappa shape index (κ2) is 6.54.